The van der Waals surface area contributed by atoms with E-state index in [1.165, 1.54) is 0 Å². The van der Waals surface area contributed by atoms with Crippen molar-refractivity contribution < 1.29 is 5.11 Å². The topological polar surface area (TPSA) is 32.3 Å². The molecule has 1 aliphatic carbocycles. The third kappa shape index (κ3) is 3.02. The van der Waals surface area contributed by atoms with Crippen molar-refractivity contribution in [3.63, 3.8) is 0 Å². The summed E-state index contributed by atoms with van der Waals surface area (Å²) in [5, 5.41) is 13.0. The van der Waals surface area contributed by atoms with Crippen LogP contribution in [0.2, 0.25) is 0 Å². The van der Waals surface area contributed by atoms with Crippen molar-refractivity contribution in [1.29, 1.82) is 0 Å². The van der Waals surface area contributed by atoms with Gasteiger partial charge in [-0.25, -0.2) is 0 Å². The molecular weight excluding hydrogens is 162 g/mol. The molecule has 0 aromatic carbocycles. The number of hydrogen-bond donors (Lipinski definition) is 2. The van der Waals surface area contributed by atoms with E-state index in [2.05, 4.69) is 18.2 Å². The van der Waals surface area contributed by atoms with Gasteiger partial charge in [0.05, 0.1) is 6.10 Å². The fourth-order valence-electron chi connectivity index (χ4n) is 1.90. The summed E-state index contributed by atoms with van der Waals surface area (Å²) in [5.41, 5.74) is 0. The lowest BCUT2D eigenvalue weighted by molar-refractivity contribution is 0.142. The second kappa shape index (κ2) is 5.26. The summed E-state index contributed by atoms with van der Waals surface area (Å²) in [4.78, 5) is 0. The minimum atomic E-state index is -0.160. The van der Waals surface area contributed by atoms with Crippen LogP contribution in [0.3, 0.4) is 0 Å². The highest BCUT2D eigenvalue weighted by atomic mass is 16.3. The van der Waals surface area contributed by atoms with Crippen LogP contribution in [0.1, 0.15) is 39.0 Å². The molecule has 0 radical (unpaired) electrons. The molecule has 1 fully saturated rings. The summed E-state index contributed by atoms with van der Waals surface area (Å²) < 4.78 is 0. The van der Waals surface area contributed by atoms with Gasteiger partial charge in [0, 0.05) is 18.5 Å². The standard InChI is InChI=1S/C11H19NO/c1-3-6-9(4-2)12-10-7-5-8-11(10)13/h1,9-13H,4-8H2,2H3/t9?,10-,11-/m0/s1. The lowest BCUT2D eigenvalue weighted by Gasteiger charge is -2.22. The summed E-state index contributed by atoms with van der Waals surface area (Å²) in [7, 11) is 0. The zero-order valence-corrected chi connectivity index (χ0v) is 8.29. The van der Waals surface area contributed by atoms with E-state index in [1.807, 2.05) is 0 Å². The van der Waals surface area contributed by atoms with Crippen LogP contribution in [0.4, 0.5) is 0 Å². The lowest BCUT2D eigenvalue weighted by atomic mass is 10.1. The maximum atomic E-state index is 9.59. The first-order valence-electron chi connectivity index (χ1n) is 5.15. The molecule has 0 spiro atoms. The Bertz CT molecular complexity index is 185. The average Bonchev–Trinajstić information content (AvgIpc) is 2.51. The molecule has 13 heavy (non-hydrogen) atoms. The van der Waals surface area contributed by atoms with Crippen LogP contribution >= 0.6 is 0 Å². The number of aliphatic hydroxyl groups excluding tert-OH is 1. The molecule has 1 rings (SSSR count). The van der Waals surface area contributed by atoms with Crippen molar-refractivity contribution in [2.45, 2.75) is 57.2 Å². The molecule has 2 heteroatoms. The minimum Gasteiger partial charge on any atom is -0.392 e. The van der Waals surface area contributed by atoms with Crippen LogP contribution in [0, 0.1) is 12.3 Å². The third-order valence-electron chi connectivity index (χ3n) is 2.79. The summed E-state index contributed by atoms with van der Waals surface area (Å²) in [6.07, 6.45) is 10.1. The van der Waals surface area contributed by atoms with E-state index in [0.717, 1.165) is 32.1 Å². The second-order valence-corrected chi connectivity index (χ2v) is 3.78. The number of terminal acetylenes is 1. The van der Waals surface area contributed by atoms with E-state index in [4.69, 9.17) is 6.42 Å². The summed E-state index contributed by atoms with van der Waals surface area (Å²) in [6.45, 7) is 2.12. The number of aliphatic hydroxyl groups is 1. The Labute approximate surface area is 80.7 Å². The van der Waals surface area contributed by atoms with E-state index in [0.29, 0.717) is 6.04 Å². The predicted molar refractivity (Wildman–Crippen MR) is 54.3 cm³/mol. The van der Waals surface area contributed by atoms with E-state index in [1.54, 1.807) is 0 Å². The van der Waals surface area contributed by atoms with E-state index < -0.39 is 0 Å². The van der Waals surface area contributed by atoms with Gasteiger partial charge >= 0.3 is 0 Å². The lowest BCUT2D eigenvalue weighted by Crippen LogP contribution is -2.42. The van der Waals surface area contributed by atoms with Gasteiger partial charge in [0.15, 0.2) is 0 Å². The van der Waals surface area contributed by atoms with Crippen LogP contribution in [-0.4, -0.2) is 23.3 Å². The molecule has 0 aromatic rings. The maximum absolute atomic E-state index is 9.59. The van der Waals surface area contributed by atoms with Crippen LogP contribution in [-0.2, 0) is 0 Å². The highest BCUT2D eigenvalue weighted by Gasteiger charge is 2.26. The van der Waals surface area contributed by atoms with Crippen molar-refractivity contribution in [2.75, 3.05) is 0 Å². The van der Waals surface area contributed by atoms with Gasteiger partial charge in [-0.15, -0.1) is 12.3 Å². The highest BCUT2D eigenvalue weighted by Crippen LogP contribution is 2.19. The van der Waals surface area contributed by atoms with Crippen molar-refractivity contribution in [3.05, 3.63) is 0 Å². The molecule has 1 aliphatic rings. The molecule has 1 saturated carbocycles. The average molecular weight is 181 g/mol. The number of nitrogens with one attached hydrogen (secondary N) is 1. The van der Waals surface area contributed by atoms with Crippen LogP contribution in [0.25, 0.3) is 0 Å². The second-order valence-electron chi connectivity index (χ2n) is 3.78. The van der Waals surface area contributed by atoms with Crippen LogP contribution < -0.4 is 5.32 Å². The third-order valence-corrected chi connectivity index (χ3v) is 2.79. The fraction of sp³-hybridized carbons (Fsp3) is 0.818. The summed E-state index contributed by atoms with van der Waals surface area (Å²) in [6, 6.07) is 0.654. The molecule has 0 saturated heterocycles. The van der Waals surface area contributed by atoms with Gasteiger partial charge in [-0.05, 0) is 25.7 Å². The smallest absolute Gasteiger partial charge is 0.0693 e. The Balaban J connectivity index is 2.32. The van der Waals surface area contributed by atoms with Crippen LogP contribution in [0.5, 0.6) is 0 Å². The van der Waals surface area contributed by atoms with Gasteiger partial charge in [0.25, 0.3) is 0 Å². The van der Waals surface area contributed by atoms with Gasteiger partial charge in [-0.2, -0.15) is 0 Å². The molecule has 0 amide bonds. The SMILES string of the molecule is C#CCC(CC)N[C@H]1CCC[C@@H]1O. The quantitative estimate of drug-likeness (QED) is 0.641. The van der Waals surface area contributed by atoms with Gasteiger partial charge in [0.2, 0.25) is 0 Å². The molecule has 3 atom stereocenters. The summed E-state index contributed by atoms with van der Waals surface area (Å²) >= 11 is 0. The van der Waals surface area contributed by atoms with Gasteiger partial charge < -0.3 is 10.4 Å². The molecule has 0 aromatic heterocycles. The highest BCUT2D eigenvalue weighted by molar-refractivity contribution is 4.92. The molecule has 0 bridgehead atoms. The number of rotatable bonds is 4. The van der Waals surface area contributed by atoms with Crippen LogP contribution in [0.15, 0.2) is 0 Å². The largest absolute Gasteiger partial charge is 0.392 e. The first-order valence-corrected chi connectivity index (χ1v) is 5.15. The van der Waals surface area contributed by atoms with E-state index in [-0.39, 0.29) is 12.1 Å². The van der Waals surface area contributed by atoms with Gasteiger partial charge in [-0.1, -0.05) is 6.92 Å². The first kappa shape index (κ1) is 10.6. The van der Waals surface area contributed by atoms with Crippen molar-refractivity contribution in [1.82, 2.24) is 5.32 Å². The molecule has 74 valence electrons. The maximum Gasteiger partial charge on any atom is 0.0693 e. The molecule has 2 nitrogen and oxygen atoms in total. The Hall–Kier alpha value is -0.520. The molecule has 2 N–H and O–H groups in total. The molecule has 1 unspecified atom stereocenters. The van der Waals surface area contributed by atoms with E-state index in [9.17, 15) is 5.11 Å². The normalized spacial score (nSPS) is 29.9. The Morgan fingerprint density at radius 2 is 2.38 bits per heavy atom. The first-order chi connectivity index (χ1) is 6.27. The number of hydrogen-bond acceptors (Lipinski definition) is 2. The predicted octanol–water partition coefficient (Wildman–Crippen LogP) is 1.29. The minimum absolute atomic E-state index is 0.160. The van der Waals surface area contributed by atoms with Gasteiger partial charge in [-0.3, -0.25) is 0 Å². The monoisotopic (exact) mass is 181 g/mol. The Morgan fingerprint density at radius 1 is 1.62 bits per heavy atom. The fourth-order valence-corrected chi connectivity index (χ4v) is 1.90. The molecular formula is C11H19NO. The van der Waals surface area contributed by atoms with Crippen molar-refractivity contribution in [2.24, 2.45) is 0 Å². The van der Waals surface area contributed by atoms with E-state index >= 15 is 0 Å². The Kier molecular flexibility index (Phi) is 4.27. The molecule has 0 heterocycles. The Morgan fingerprint density at radius 3 is 2.85 bits per heavy atom. The van der Waals surface area contributed by atoms with Gasteiger partial charge in [0.1, 0.15) is 0 Å². The van der Waals surface area contributed by atoms with Crippen molar-refractivity contribution in [3.8, 4) is 12.3 Å². The molecule has 0 aliphatic heterocycles. The zero-order valence-electron chi connectivity index (χ0n) is 8.29. The summed E-state index contributed by atoms with van der Waals surface area (Å²) in [5.74, 6) is 2.66. The van der Waals surface area contributed by atoms with Crippen molar-refractivity contribution >= 4 is 0 Å². The zero-order chi connectivity index (χ0) is 9.68.